The summed E-state index contributed by atoms with van der Waals surface area (Å²) in [5.74, 6) is 1.51. The number of nitrogen functional groups attached to an aromatic ring is 1. The summed E-state index contributed by atoms with van der Waals surface area (Å²) in [5.41, 5.74) is 7.89. The fourth-order valence-corrected chi connectivity index (χ4v) is 2.96. The lowest BCUT2D eigenvalue weighted by atomic mass is 9.93. The molecule has 0 saturated carbocycles. The largest absolute Gasteiger partial charge is 0.381 e. The van der Waals surface area contributed by atoms with Gasteiger partial charge in [0.2, 0.25) is 0 Å². The minimum Gasteiger partial charge on any atom is -0.381 e. The van der Waals surface area contributed by atoms with Crippen LogP contribution in [0.15, 0.2) is 33.3 Å². The van der Waals surface area contributed by atoms with Crippen molar-refractivity contribution >= 4 is 21.7 Å². The van der Waals surface area contributed by atoms with Gasteiger partial charge in [0.1, 0.15) is 0 Å². The number of nitrogens with two attached hydrogens (primary N) is 1. The van der Waals surface area contributed by atoms with E-state index in [-0.39, 0.29) is 5.92 Å². The molecule has 1 atom stereocenters. The van der Waals surface area contributed by atoms with Gasteiger partial charge in [-0.15, -0.1) is 0 Å². The molecule has 1 aliphatic rings. The Morgan fingerprint density at radius 1 is 1.32 bits per heavy atom. The van der Waals surface area contributed by atoms with Crippen molar-refractivity contribution in [1.29, 1.82) is 0 Å². The summed E-state index contributed by atoms with van der Waals surface area (Å²) in [6.07, 6.45) is 2.09. The number of aromatic nitrogens is 1. The van der Waals surface area contributed by atoms with E-state index in [1.807, 2.05) is 24.3 Å². The fraction of sp³-hybridized carbons (Fsp3) is 0.357. The highest BCUT2D eigenvalue weighted by molar-refractivity contribution is 9.10. The highest BCUT2D eigenvalue weighted by Crippen LogP contribution is 2.40. The molecule has 1 saturated heterocycles. The van der Waals surface area contributed by atoms with Gasteiger partial charge < -0.3 is 15.0 Å². The molecule has 1 aromatic carbocycles. The Morgan fingerprint density at radius 3 is 2.89 bits per heavy atom. The van der Waals surface area contributed by atoms with Crippen LogP contribution in [0.25, 0.3) is 11.1 Å². The first-order valence-electron chi connectivity index (χ1n) is 6.35. The van der Waals surface area contributed by atoms with Crippen LogP contribution < -0.4 is 5.73 Å². The van der Waals surface area contributed by atoms with Crippen molar-refractivity contribution in [2.24, 2.45) is 0 Å². The molecule has 0 spiro atoms. The van der Waals surface area contributed by atoms with E-state index in [2.05, 4.69) is 21.1 Å². The number of benzene rings is 1. The topological polar surface area (TPSA) is 61.3 Å². The molecule has 19 heavy (non-hydrogen) atoms. The van der Waals surface area contributed by atoms with E-state index in [1.165, 1.54) is 0 Å². The van der Waals surface area contributed by atoms with Gasteiger partial charge in [-0.05, 0) is 18.9 Å². The van der Waals surface area contributed by atoms with Gasteiger partial charge in [-0.25, -0.2) is 0 Å². The maximum absolute atomic E-state index is 5.98. The Hall–Kier alpha value is -1.33. The second-order valence-corrected chi connectivity index (χ2v) is 5.56. The van der Waals surface area contributed by atoms with E-state index < -0.39 is 0 Å². The molecule has 2 heterocycles. The normalized spacial score (nSPS) is 19.5. The number of rotatable bonds is 2. The molecule has 0 radical (unpaired) electrons. The van der Waals surface area contributed by atoms with Gasteiger partial charge in [-0.1, -0.05) is 39.3 Å². The highest BCUT2D eigenvalue weighted by Gasteiger charge is 2.27. The highest BCUT2D eigenvalue weighted by atomic mass is 79.9. The van der Waals surface area contributed by atoms with E-state index in [0.29, 0.717) is 12.4 Å². The Kier molecular flexibility index (Phi) is 3.57. The number of hydrogen-bond donors (Lipinski definition) is 1. The summed E-state index contributed by atoms with van der Waals surface area (Å²) < 4.78 is 12.0. The van der Waals surface area contributed by atoms with Crippen molar-refractivity contribution in [2.75, 3.05) is 18.9 Å². The summed E-state index contributed by atoms with van der Waals surface area (Å²) in [5, 5.41) is 3.94. The molecule has 1 aromatic heterocycles. The molecule has 1 unspecified atom stereocenters. The SMILES string of the molecule is Nc1noc(C2CCCOC2)c1-c1ccccc1Br. The summed E-state index contributed by atoms with van der Waals surface area (Å²) in [4.78, 5) is 0. The van der Waals surface area contributed by atoms with Crippen molar-refractivity contribution in [3.05, 3.63) is 34.5 Å². The zero-order valence-electron chi connectivity index (χ0n) is 10.4. The van der Waals surface area contributed by atoms with Gasteiger partial charge in [0, 0.05) is 22.6 Å². The predicted octanol–water partition coefficient (Wildman–Crippen LogP) is 3.58. The predicted molar refractivity (Wildman–Crippen MR) is 76.8 cm³/mol. The first kappa shape index (κ1) is 12.7. The van der Waals surface area contributed by atoms with Crippen LogP contribution in [-0.4, -0.2) is 18.4 Å². The smallest absolute Gasteiger partial charge is 0.175 e. The van der Waals surface area contributed by atoms with Gasteiger partial charge in [0.15, 0.2) is 11.6 Å². The van der Waals surface area contributed by atoms with Crippen LogP contribution in [0.4, 0.5) is 5.82 Å². The van der Waals surface area contributed by atoms with Crippen LogP contribution in [0.3, 0.4) is 0 Å². The van der Waals surface area contributed by atoms with E-state index in [1.54, 1.807) is 0 Å². The molecule has 4 nitrogen and oxygen atoms in total. The zero-order chi connectivity index (χ0) is 13.2. The average Bonchev–Trinajstić information content (AvgIpc) is 2.82. The Balaban J connectivity index is 2.06. The summed E-state index contributed by atoms with van der Waals surface area (Å²) in [6, 6.07) is 7.96. The lowest BCUT2D eigenvalue weighted by molar-refractivity contribution is 0.0723. The molecule has 0 aliphatic carbocycles. The maximum Gasteiger partial charge on any atom is 0.175 e. The van der Waals surface area contributed by atoms with Crippen molar-refractivity contribution < 1.29 is 9.26 Å². The molecular formula is C14H15BrN2O2. The Morgan fingerprint density at radius 2 is 2.16 bits per heavy atom. The van der Waals surface area contributed by atoms with Crippen molar-refractivity contribution in [3.63, 3.8) is 0 Å². The summed E-state index contributed by atoms with van der Waals surface area (Å²) >= 11 is 3.55. The molecule has 5 heteroatoms. The van der Waals surface area contributed by atoms with Crippen LogP contribution >= 0.6 is 15.9 Å². The fourth-order valence-electron chi connectivity index (χ4n) is 2.48. The van der Waals surface area contributed by atoms with E-state index >= 15 is 0 Å². The molecular weight excluding hydrogens is 308 g/mol. The van der Waals surface area contributed by atoms with Gasteiger partial charge in [0.25, 0.3) is 0 Å². The lowest BCUT2D eigenvalue weighted by Gasteiger charge is -2.20. The third-order valence-corrected chi connectivity index (χ3v) is 4.11. The minimum atomic E-state index is 0.237. The van der Waals surface area contributed by atoms with Crippen molar-refractivity contribution in [2.45, 2.75) is 18.8 Å². The van der Waals surface area contributed by atoms with Gasteiger partial charge >= 0.3 is 0 Å². The Labute approximate surface area is 120 Å². The quantitative estimate of drug-likeness (QED) is 0.917. The van der Waals surface area contributed by atoms with Crippen LogP contribution in [0.1, 0.15) is 24.5 Å². The van der Waals surface area contributed by atoms with Crippen LogP contribution in [0.5, 0.6) is 0 Å². The number of nitrogens with zero attached hydrogens (tertiary/aromatic N) is 1. The Bertz CT molecular complexity index is 577. The standard InChI is InChI=1S/C14H15BrN2O2/c15-11-6-2-1-5-10(11)12-13(19-17-14(12)16)9-4-3-7-18-8-9/h1-2,5-6,9H,3-4,7-8H2,(H2,16,17). The third kappa shape index (κ3) is 2.40. The molecule has 2 N–H and O–H groups in total. The first-order chi connectivity index (χ1) is 9.27. The number of halogens is 1. The zero-order valence-corrected chi connectivity index (χ0v) is 12.0. The van der Waals surface area contributed by atoms with Crippen LogP contribution in [0.2, 0.25) is 0 Å². The van der Waals surface area contributed by atoms with E-state index in [0.717, 1.165) is 40.8 Å². The van der Waals surface area contributed by atoms with Crippen molar-refractivity contribution in [3.8, 4) is 11.1 Å². The minimum absolute atomic E-state index is 0.237. The van der Waals surface area contributed by atoms with Gasteiger partial charge in [-0.2, -0.15) is 0 Å². The molecule has 1 fully saturated rings. The van der Waals surface area contributed by atoms with Gasteiger partial charge in [-0.3, -0.25) is 0 Å². The average molecular weight is 323 g/mol. The monoisotopic (exact) mass is 322 g/mol. The molecule has 0 amide bonds. The maximum atomic E-state index is 5.98. The van der Waals surface area contributed by atoms with E-state index in [4.69, 9.17) is 15.0 Å². The van der Waals surface area contributed by atoms with E-state index in [9.17, 15) is 0 Å². The molecule has 100 valence electrons. The first-order valence-corrected chi connectivity index (χ1v) is 7.14. The second-order valence-electron chi connectivity index (χ2n) is 4.70. The van der Waals surface area contributed by atoms with Crippen LogP contribution in [0, 0.1) is 0 Å². The number of anilines is 1. The number of hydrogen-bond acceptors (Lipinski definition) is 4. The third-order valence-electron chi connectivity index (χ3n) is 3.42. The molecule has 0 bridgehead atoms. The lowest BCUT2D eigenvalue weighted by Crippen LogP contribution is -2.15. The second kappa shape index (κ2) is 5.35. The van der Waals surface area contributed by atoms with Crippen LogP contribution in [-0.2, 0) is 4.74 Å². The number of ether oxygens (including phenoxy) is 1. The molecule has 2 aromatic rings. The molecule has 3 rings (SSSR count). The summed E-state index contributed by atoms with van der Waals surface area (Å²) in [6.45, 7) is 1.50. The molecule has 1 aliphatic heterocycles. The van der Waals surface area contributed by atoms with Crippen molar-refractivity contribution in [1.82, 2.24) is 5.16 Å². The van der Waals surface area contributed by atoms with Gasteiger partial charge in [0.05, 0.1) is 12.2 Å². The summed E-state index contributed by atoms with van der Waals surface area (Å²) in [7, 11) is 0.